The smallest absolute Gasteiger partial charge is 0.308 e. The molecule has 2 unspecified atom stereocenters. The fourth-order valence-corrected chi connectivity index (χ4v) is 1.72. The van der Waals surface area contributed by atoms with E-state index in [1.165, 1.54) is 0 Å². The molecule has 0 rings (SSSR count). The van der Waals surface area contributed by atoms with E-state index in [0.29, 0.717) is 32.4 Å². The van der Waals surface area contributed by atoms with E-state index in [-0.39, 0.29) is 12.5 Å². The number of nitrogens with two attached hydrogens (primary N) is 1. The number of carboxylic acid groups (broad SMARTS) is 1. The van der Waals surface area contributed by atoms with Crippen LogP contribution >= 0.6 is 9.47 Å². The molecule has 0 aliphatic rings. The van der Waals surface area contributed by atoms with Crippen molar-refractivity contribution in [2.45, 2.75) is 32.1 Å². The molecule has 0 bridgehead atoms. The van der Waals surface area contributed by atoms with Gasteiger partial charge in [0.15, 0.2) is 0 Å². The topological polar surface area (TPSA) is 102 Å². The van der Waals surface area contributed by atoms with Crippen LogP contribution in [0.15, 0.2) is 0 Å². The SMILES string of the molecule is NCCCC(=O)NCCCCC(COP)C(=O)O. The van der Waals surface area contributed by atoms with Gasteiger partial charge in [0, 0.05) is 22.4 Å². The number of hydrogen-bond donors (Lipinski definition) is 3. The molecule has 0 radical (unpaired) electrons. The average molecular weight is 278 g/mol. The fourth-order valence-electron chi connectivity index (χ4n) is 1.49. The Kier molecular flexibility index (Phi) is 10.9. The average Bonchev–Trinajstić information content (AvgIpc) is 2.34. The zero-order valence-electron chi connectivity index (χ0n) is 10.6. The summed E-state index contributed by atoms with van der Waals surface area (Å²) in [4.78, 5) is 22.0. The Labute approximate surface area is 110 Å². The molecule has 0 aliphatic carbocycles. The van der Waals surface area contributed by atoms with Gasteiger partial charge in [0.25, 0.3) is 0 Å². The van der Waals surface area contributed by atoms with Crippen LogP contribution in [-0.2, 0) is 14.1 Å². The first-order valence-electron chi connectivity index (χ1n) is 6.13. The molecule has 0 fully saturated rings. The molecule has 0 aromatic heterocycles. The van der Waals surface area contributed by atoms with Crippen LogP contribution in [0.4, 0.5) is 0 Å². The lowest BCUT2D eigenvalue weighted by Crippen LogP contribution is -2.25. The van der Waals surface area contributed by atoms with Gasteiger partial charge in [-0.05, 0) is 25.8 Å². The molecule has 0 saturated carbocycles. The summed E-state index contributed by atoms with van der Waals surface area (Å²) in [5, 5.41) is 11.7. The molecule has 0 heterocycles. The normalized spacial score (nSPS) is 12.1. The van der Waals surface area contributed by atoms with Gasteiger partial charge in [-0.25, -0.2) is 0 Å². The second-order valence-corrected chi connectivity index (χ2v) is 4.44. The van der Waals surface area contributed by atoms with Crippen LogP contribution in [0.2, 0.25) is 0 Å². The van der Waals surface area contributed by atoms with E-state index in [1.54, 1.807) is 0 Å². The first-order chi connectivity index (χ1) is 8.61. The summed E-state index contributed by atoms with van der Waals surface area (Å²) in [5.41, 5.74) is 5.29. The maximum Gasteiger partial charge on any atom is 0.308 e. The predicted octanol–water partition coefficient (Wildman–Crippen LogP) is 0.519. The molecule has 0 aliphatic heterocycles. The van der Waals surface area contributed by atoms with Crippen LogP contribution in [0.3, 0.4) is 0 Å². The number of carbonyl (C=O) groups excluding carboxylic acids is 1. The Morgan fingerprint density at radius 3 is 2.61 bits per heavy atom. The summed E-state index contributed by atoms with van der Waals surface area (Å²) < 4.78 is 4.76. The van der Waals surface area contributed by atoms with Gasteiger partial charge in [-0.15, -0.1) is 0 Å². The minimum Gasteiger partial charge on any atom is -0.481 e. The summed E-state index contributed by atoms with van der Waals surface area (Å²) >= 11 is 0. The maximum absolute atomic E-state index is 11.2. The monoisotopic (exact) mass is 278 g/mol. The van der Waals surface area contributed by atoms with Gasteiger partial charge in [-0.3, -0.25) is 9.59 Å². The second kappa shape index (κ2) is 11.4. The number of aliphatic carboxylic acids is 1. The quantitative estimate of drug-likeness (QED) is 0.378. The van der Waals surface area contributed by atoms with Gasteiger partial charge in [-0.2, -0.15) is 0 Å². The van der Waals surface area contributed by atoms with Crippen molar-refractivity contribution in [2.24, 2.45) is 11.7 Å². The number of carbonyl (C=O) groups is 2. The molecule has 4 N–H and O–H groups in total. The van der Waals surface area contributed by atoms with Crippen LogP contribution in [0.25, 0.3) is 0 Å². The van der Waals surface area contributed by atoms with Gasteiger partial charge >= 0.3 is 5.97 Å². The maximum atomic E-state index is 11.2. The zero-order valence-corrected chi connectivity index (χ0v) is 11.7. The predicted molar refractivity (Wildman–Crippen MR) is 71.9 cm³/mol. The molecule has 106 valence electrons. The molecule has 2 atom stereocenters. The lowest BCUT2D eigenvalue weighted by Gasteiger charge is -2.10. The van der Waals surface area contributed by atoms with E-state index in [4.69, 9.17) is 15.4 Å². The van der Waals surface area contributed by atoms with Crippen LogP contribution in [-0.4, -0.2) is 36.7 Å². The lowest BCUT2D eigenvalue weighted by molar-refractivity contribution is -0.143. The van der Waals surface area contributed by atoms with Crippen LogP contribution < -0.4 is 11.1 Å². The third-order valence-corrected chi connectivity index (χ3v) is 2.75. The van der Waals surface area contributed by atoms with E-state index in [1.807, 2.05) is 0 Å². The highest BCUT2D eigenvalue weighted by Crippen LogP contribution is 2.10. The van der Waals surface area contributed by atoms with Crippen molar-refractivity contribution in [1.82, 2.24) is 5.32 Å². The number of unbranched alkanes of at least 4 members (excludes halogenated alkanes) is 1. The Hall–Kier alpha value is -0.710. The number of carboxylic acids is 1. The Morgan fingerprint density at radius 2 is 2.06 bits per heavy atom. The summed E-state index contributed by atoms with van der Waals surface area (Å²) in [6.45, 7) is 1.29. The minimum atomic E-state index is -0.843. The molecule has 18 heavy (non-hydrogen) atoms. The number of rotatable bonds is 11. The number of hydrogen-bond acceptors (Lipinski definition) is 4. The summed E-state index contributed by atoms with van der Waals surface area (Å²) in [6.07, 6.45) is 3.23. The van der Waals surface area contributed by atoms with Crippen molar-refractivity contribution < 1.29 is 19.2 Å². The van der Waals surface area contributed by atoms with Crippen molar-refractivity contribution in [1.29, 1.82) is 0 Å². The summed E-state index contributed by atoms with van der Waals surface area (Å²) in [7, 11) is 2.05. The molecule has 0 spiro atoms. The highest BCUT2D eigenvalue weighted by Gasteiger charge is 2.16. The fraction of sp³-hybridized carbons (Fsp3) is 0.818. The van der Waals surface area contributed by atoms with Crippen LogP contribution in [0, 0.1) is 5.92 Å². The molecular weight excluding hydrogens is 255 g/mol. The van der Waals surface area contributed by atoms with E-state index in [0.717, 1.165) is 12.8 Å². The molecule has 1 amide bonds. The molecule has 7 heteroatoms. The van der Waals surface area contributed by atoms with Gasteiger partial charge in [-0.1, -0.05) is 6.42 Å². The molecule has 0 saturated heterocycles. The van der Waals surface area contributed by atoms with Crippen LogP contribution in [0.5, 0.6) is 0 Å². The Balaban J connectivity index is 3.53. The van der Waals surface area contributed by atoms with E-state index >= 15 is 0 Å². The van der Waals surface area contributed by atoms with Crippen molar-refractivity contribution in [3.8, 4) is 0 Å². The van der Waals surface area contributed by atoms with E-state index in [2.05, 4.69) is 14.8 Å². The molecule has 6 nitrogen and oxygen atoms in total. The third-order valence-electron chi connectivity index (χ3n) is 2.56. The van der Waals surface area contributed by atoms with Gasteiger partial charge in [0.05, 0.1) is 12.5 Å². The third kappa shape index (κ3) is 9.33. The number of nitrogens with one attached hydrogen (secondary N) is 1. The Morgan fingerprint density at radius 1 is 1.33 bits per heavy atom. The van der Waals surface area contributed by atoms with Crippen molar-refractivity contribution in [3.63, 3.8) is 0 Å². The van der Waals surface area contributed by atoms with Crippen LogP contribution in [0.1, 0.15) is 32.1 Å². The highest BCUT2D eigenvalue weighted by molar-refractivity contribution is 7.09. The number of amides is 1. The first kappa shape index (κ1) is 17.3. The zero-order chi connectivity index (χ0) is 13.8. The van der Waals surface area contributed by atoms with E-state index < -0.39 is 11.9 Å². The molecule has 0 aromatic rings. The first-order valence-corrected chi connectivity index (χ1v) is 6.60. The highest BCUT2D eigenvalue weighted by atomic mass is 31.0. The Bertz CT molecular complexity index is 251. The summed E-state index contributed by atoms with van der Waals surface area (Å²) in [5.74, 6) is -1.32. The molecular formula is C11H23N2O4P. The van der Waals surface area contributed by atoms with Crippen molar-refractivity contribution in [3.05, 3.63) is 0 Å². The molecule has 0 aromatic carbocycles. The van der Waals surface area contributed by atoms with Gasteiger partial charge in [0.1, 0.15) is 0 Å². The minimum absolute atomic E-state index is 0.00326. The largest absolute Gasteiger partial charge is 0.481 e. The van der Waals surface area contributed by atoms with E-state index in [9.17, 15) is 9.59 Å². The second-order valence-electron chi connectivity index (χ2n) is 4.11. The lowest BCUT2D eigenvalue weighted by atomic mass is 10.0. The van der Waals surface area contributed by atoms with Crippen molar-refractivity contribution >= 4 is 21.3 Å². The standard InChI is InChI=1S/C11H23N2O4P/c12-6-3-5-10(14)13-7-2-1-4-9(8-17-18)11(15)16/h9H,1-8,12,18H2,(H,13,14)(H,15,16). The summed E-state index contributed by atoms with van der Waals surface area (Å²) in [6, 6.07) is 0. The van der Waals surface area contributed by atoms with Gasteiger partial charge in [0.2, 0.25) is 5.91 Å². The van der Waals surface area contributed by atoms with Crippen molar-refractivity contribution in [2.75, 3.05) is 19.7 Å². The van der Waals surface area contributed by atoms with Gasteiger partial charge < -0.3 is 20.7 Å².